The number of phenols is 1. The number of methoxy groups -OCH3 is 2. The minimum absolute atomic E-state index is 0.0216. The number of hydrogen-bond donors (Lipinski definition) is 8. The zero-order chi connectivity index (χ0) is 33.2. The highest BCUT2D eigenvalue weighted by Gasteiger charge is 2.46. The van der Waals surface area contributed by atoms with Crippen molar-refractivity contribution in [3.63, 3.8) is 0 Å². The minimum Gasteiger partial charge on any atom is -0.508 e. The van der Waals surface area contributed by atoms with Gasteiger partial charge in [-0.25, -0.2) is 0 Å². The lowest BCUT2D eigenvalue weighted by atomic mass is 9.97. The van der Waals surface area contributed by atoms with E-state index in [1.807, 2.05) is 0 Å². The van der Waals surface area contributed by atoms with E-state index in [0.717, 1.165) is 13.0 Å². The Morgan fingerprint density at radius 2 is 1.60 bits per heavy atom. The monoisotopic (exact) mass is 638 g/mol. The van der Waals surface area contributed by atoms with Gasteiger partial charge in [0.1, 0.15) is 48.6 Å². The van der Waals surface area contributed by atoms with Crippen LogP contribution in [0.4, 0.5) is 0 Å². The van der Waals surface area contributed by atoms with Crippen molar-refractivity contribution in [3.05, 3.63) is 58.8 Å². The molecule has 1 saturated heterocycles. The number of aliphatic carboxylic acids is 1. The van der Waals surface area contributed by atoms with Gasteiger partial charge in [-0.05, 0) is 31.2 Å². The highest BCUT2D eigenvalue weighted by molar-refractivity contribution is 5.74. The summed E-state index contributed by atoms with van der Waals surface area (Å²) in [6.45, 7) is 0.447. The molecule has 0 bridgehead atoms. The number of ether oxygens (including phenoxy) is 6. The first-order chi connectivity index (χ1) is 21.1. The fourth-order valence-electron chi connectivity index (χ4n) is 4.79. The SMILES string of the molecule is COc1cc(C2=C(O[C@@H]3O[C@H](COC(=O)C[C@@](C)(O)CC(=O)O)[C@@H](O)[C@H](O)[C@H]3O)C=C3C(=CC(O)=CC3O)O2)cc(OC)c1O. The van der Waals surface area contributed by atoms with Gasteiger partial charge in [0.15, 0.2) is 23.0 Å². The second kappa shape index (κ2) is 13.4. The Balaban J connectivity index is 1.64. The van der Waals surface area contributed by atoms with Crippen LogP contribution in [0.5, 0.6) is 17.2 Å². The van der Waals surface area contributed by atoms with Crippen LogP contribution >= 0.6 is 0 Å². The molecule has 3 aliphatic rings. The van der Waals surface area contributed by atoms with Crippen molar-refractivity contribution in [1.29, 1.82) is 0 Å². The summed E-state index contributed by atoms with van der Waals surface area (Å²) in [4.78, 5) is 23.2. The van der Waals surface area contributed by atoms with Crippen LogP contribution in [0, 0.1) is 0 Å². The van der Waals surface area contributed by atoms with Gasteiger partial charge in [-0.1, -0.05) is 0 Å². The van der Waals surface area contributed by atoms with Crippen LogP contribution in [-0.2, 0) is 28.5 Å². The molecule has 8 N–H and O–H groups in total. The van der Waals surface area contributed by atoms with Crippen molar-refractivity contribution in [3.8, 4) is 17.2 Å². The molecule has 2 aliphatic heterocycles. The average molecular weight is 639 g/mol. The number of carbonyl (C=O) groups is 2. The predicted molar refractivity (Wildman–Crippen MR) is 148 cm³/mol. The maximum absolute atomic E-state index is 12.3. The number of phenolic OH excluding ortho intramolecular Hbond substituents is 1. The van der Waals surface area contributed by atoms with E-state index < -0.39 is 73.8 Å². The number of aliphatic hydroxyl groups excluding tert-OH is 5. The number of carboxylic acids is 1. The third kappa shape index (κ3) is 7.50. The number of benzene rings is 1. The highest BCUT2D eigenvalue weighted by atomic mass is 16.7. The van der Waals surface area contributed by atoms with Crippen molar-refractivity contribution < 1.29 is 78.9 Å². The third-order valence-corrected chi connectivity index (χ3v) is 7.05. The van der Waals surface area contributed by atoms with E-state index in [-0.39, 0.29) is 51.4 Å². The molecule has 0 aromatic heterocycles. The lowest BCUT2D eigenvalue weighted by Crippen LogP contribution is -2.59. The minimum atomic E-state index is -1.92. The van der Waals surface area contributed by atoms with E-state index in [1.165, 1.54) is 38.5 Å². The van der Waals surface area contributed by atoms with Crippen LogP contribution in [0.1, 0.15) is 25.3 Å². The average Bonchev–Trinajstić information content (AvgIpc) is 2.95. The molecule has 246 valence electrons. The standard InChI is InChI=1S/C29H34O16/c1-29(39,9-21(32)33)10-22(34)42-11-20-24(36)25(37)26(38)28(45-20)44-19-8-14-15(31)6-13(30)7-16(14)43-27(19)12-4-17(40-2)23(35)18(5-12)41-3/h4-8,15,20,24-26,28,30-31,35-39H,9-11H2,1-3H3,(H,32,33)/t15?,20-,24-,25+,26-,28-,29+/m1/s1. The van der Waals surface area contributed by atoms with Gasteiger partial charge in [0.05, 0.1) is 32.7 Å². The summed E-state index contributed by atoms with van der Waals surface area (Å²) in [5, 5.41) is 81.8. The Morgan fingerprint density at radius 1 is 0.956 bits per heavy atom. The van der Waals surface area contributed by atoms with Crippen molar-refractivity contribution in [2.75, 3.05) is 20.8 Å². The number of allylic oxidation sites excluding steroid dienone is 2. The van der Waals surface area contributed by atoms with Gasteiger partial charge < -0.3 is 69.3 Å². The lowest BCUT2D eigenvalue weighted by molar-refractivity contribution is -0.291. The molecular formula is C29H34O16. The largest absolute Gasteiger partial charge is 0.508 e. The van der Waals surface area contributed by atoms with Crippen molar-refractivity contribution >= 4 is 17.7 Å². The van der Waals surface area contributed by atoms with Crippen LogP contribution < -0.4 is 9.47 Å². The molecule has 1 fully saturated rings. The first-order valence-corrected chi connectivity index (χ1v) is 13.5. The summed E-state index contributed by atoms with van der Waals surface area (Å²) in [5.74, 6) is -3.27. The molecule has 7 atom stereocenters. The molecule has 1 aromatic rings. The summed E-state index contributed by atoms with van der Waals surface area (Å²) in [6.07, 6.45) is -7.81. The van der Waals surface area contributed by atoms with Gasteiger partial charge >= 0.3 is 11.9 Å². The van der Waals surface area contributed by atoms with Gasteiger partial charge in [0.2, 0.25) is 12.0 Å². The zero-order valence-corrected chi connectivity index (χ0v) is 24.3. The number of rotatable bonds is 11. The van der Waals surface area contributed by atoms with Gasteiger partial charge in [-0.15, -0.1) is 0 Å². The second-order valence-corrected chi connectivity index (χ2v) is 10.7. The Hall–Kier alpha value is -4.32. The van der Waals surface area contributed by atoms with Gasteiger partial charge in [0.25, 0.3) is 0 Å². The number of carbonyl (C=O) groups excluding carboxylic acids is 1. The number of aliphatic hydroxyl groups is 6. The molecule has 0 radical (unpaired) electrons. The first-order valence-electron chi connectivity index (χ1n) is 13.5. The van der Waals surface area contributed by atoms with Crippen LogP contribution in [0.25, 0.3) is 5.76 Å². The Labute approximate surface area is 255 Å². The molecule has 16 heteroatoms. The van der Waals surface area contributed by atoms with E-state index in [0.29, 0.717) is 0 Å². The molecule has 2 heterocycles. The number of carboxylic acid groups (broad SMARTS) is 1. The maximum atomic E-state index is 12.3. The summed E-state index contributed by atoms with van der Waals surface area (Å²) >= 11 is 0. The number of aromatic hydroxyl groups is 1. The van der Waals surface area contributed by atoms with Gasteiger partial charge in [-0.3, -0.25) is 9.59 Å². The molecular weight excluding hydrogens is 604 g/mol. The number of esters is 1. The first kappa shape index (κ1) is 33.6. The van der Waals surface area contributed by atoms with Gasteiger partial charge in [0, 0.05) is 17.2 Å². The van der Waals surface area contributed by atoms with Crippen molar-refractivity contribution in [2.24, 2.45) is 0 Å². The summed E-state index contributed by atoms with van der Waals surface area (Å²) in [5.41, 5.74) is -1.59. The number of hydrogen-bond acceptors (Lipinski definition) is 15. The normalized spacial score (nSPS) is 27.5. The van der Waals surface area contributed by atoms with E-state index in [2.05, 4.69) is 0 Å². The molecule has 4 rings (SSSR count). The van der Waals surface area contributed by atoms with E-state index in [1.54, 1.807) is 0 Å². The Bertz CT molecular complexity index is 1410. The molecule has 16 nitrogen and oxygen atoms in total. The van der Waals surface area contributed by atoms with E-state index in [4.69, 9.17) is 33.5 Å². The quantitative estimate of drug-likeness (QED) is 0.145. The number of fused-ring (bicyclic) bond motifs is 1. The Morgan fingerprint density at radius 3 is 2.20 bits per heavy atom. The molecule has 1 aliphatic carbocycles. The molecule has 0 amide bonds. The fraction of sp³-hybridized carbons (Fsp3) is 0.448. The molecule has 1 unspecified atom stereocenters. The van der Waals surface area contributed by atoms with Crippen molar-refractivity contribution in [1.82, 2.24) is 0 Å². The zero-order valence-electron chi connectivity index (χ0n) is 24.3. The van der Waals surface area contributed by atoms with E-state index in [9.17, 15) is 45.3 Å². The summed E-state index contributed by atoms with van der Waals surface area (Å²) < 4.78 is 33.0. The van der Waals surface area contributed by atoms with Crippen LogP contribution in [-0.4, -0.2) is 116 Å². The van der Waals surface area contributed by atoms with Crippen molar-refractivity contribution in [2.45, 2.75) is 62.2 Å². The van der Waals surface area contributed by atoms with Crippen LogP contribution in [0.2, 0.25) is 0 Å². The smallest absolute Gasteiger partial charge is 0.308 e. The fourth-order valence-corrected chi connectivity index (χ4v) is 4.79. The summed E-state index contributed by atoms with van der Waals surface area (Å²) in [6, 6.07) is 2.73. The highest BCUT2D eigenvalue weighted by Crippen LogP contribution is 2.43. The molecule has 0 saturated carbocycles. The third-order valence-electron chi connectivity index (χ3n) is 7.05. The van der Waals surface area contributed by atoms with Crippen LogP contribution in [0.15, 0.2) is 53.2 Å². The predicted octanol–water partition coefficient (Wildman–Crippen LogP) is -0.282. The van der Waals surface area contributed by atoms with Crippen LogP contribution in [0.3, 0.4) is 0 Å². The molecule has 0 spiro atoms. The van der Waals surface area contributed by atoms with Gasteiger partial charge in [-0.2, -0.15) is 0 Å². The lowest BCUT2D eigenvalue weighted by Gasteiger charge is -2.40. The molecule has 45 heavy (non-hydrogen) atoms. The van der Waals surface area contributed by atoms with E-state index >= 15 is 0 Å². The molecule has 1 aromatic carbocycles. The maximum Gasteiger partial charge on any atom is 0.308 e. The summed E-state index contributed by atoms with van der Waals surface area (Å²) in [7, 11) is 2.59. The second-order valence-electron chi connectivity index (χ2n) is 10.7. The Kier molecular flexibility index (Phi) is 9.96. The topological polar surface area (TPSA) is 251 Å².